The minimum atomic E-state index is -4.04. The van der Waals surface area contributed by atoms with Gasteiger partial charge in [0.25, 0.3) is 0 Å². The molecule has 1 unspecified atom stereocenters. The lowest BCUT2D eigenvalue weighted by atomic mass is 10.1. The number of hydrogen-bond donors (Lipinski definition) is 2. The van der Waals surface area contributed by atoms with Crippen LogP contribution in [0.25, 0.3) is 16.6 Å². The van der Waals surface area contributed by atoms with Crippen LogP contribution < -0.4 is 4.90 Å². The Balaban J connectivity index is 1.81. The fraction of sp³-hybridized carbons (Fsp3) is 0.333. The smallest absolute Gasteiger partial charge is 0.325 e. The van der Waals surface area contributed by atoms with E-state index in [4.69, 9.17) is 28.2 Å². The number of hydrogen-bond acceptors (Lipinski definition) is 4. The van der Waals surface area contributed by atoms with Gasteiger partial charge in [0.2, 0.25) is 0 Å². The highest BCUT2D eigenvalue weighted by molar-refractivity contribution is 7.51. The second-order valence-corrected chi connectivity index (χ2v) is 9.46. The van der Waals surface area contributed by atoms with Gasteiger partial charge in [0.15, 0.2) is 0 Å². The number of benzene rings is 1. The number of fused-ring (bicyclic) bond motifs is 1. The lowest BCUT2D eigenvalue weighted by Crippen LogP contribution is -2.30. The Labute approximate surface area is 172 Å². The van der Waals surface area contributed by atoms with Crippen molar-refractivity contribution >= 4 is 47.5 Å². The molecule has 0 amide bonds. The zero-order valence-corrected chi connectivity index (χ0v) is 17.3. The summed E-state index contributed by atoms with van der Waals surface area (Å²) in [5.74, 6) is 0.716. The van der Waals surface area contributed by atoms with Gasteiger partial charge in [-0.3, -0.25) is 4.57 Å². The van der Waals surface area contributed by atoms with Gasteiger partial charge < -0.3 is 19.3 Å². The van der Waals surface area contributed by atoms with Crippen molar-refractivity contribution in [1.82, 2.24) is 14.5 Å². The van der Waals surface area contributed by atoms with Crippen molar-refractivity contribution in [3.63, 3.8) is 0 Å². The molecule has 0 bridgehead atoms. The molecule has 28 heavy (non-hydrogen) atoms. The van der Waals surface area contributed by atoms with Crippen molar-refractivity contribution in [2.75, 3.05) is 17.6 Å². The first-order valence-corrected chi connectivity index (χ1v) is 11.5. The normalized spacial score (nSPS) is 17.6. The van der Waals surface area contributed by atoms with E-state index in [0.717, 1.165) is 30.5 Å². The van der Waals surface area contributed by atoms with Crippen molar-refractivity contribution in [2.45, 2.75) is 25.3 Å². The predicted molar refractivity (Wildman–Crippen MR) is 111 cm³/mol. The largest absolute Gasteiger partial charge is 0.354 e. The molecule has 4 rings (SSSR count). The third-order valence-electron chi connectivity index (χ3n) is 5.04. The molecular weight excluding hydrogens is 422 g/mol. The molecule has 10 heteroatoms. The molecule has 7 nitrogen and oxygen atoms in total. The Hall–Kier alpha value is -1.63. The molecule has 0 saturated carbocycles. The summed E-state index contributed by atoms with van der Waals surface area (Å²) in [6.07, 6.45) is 7.32. The van der Waals surface area contributed by atoms with Crippen LogP contribution in [0.2, 0.25) is 10.0 Å². The second-order valence-electron chi connectivity index (χ2n) is 6.89. The zero-order valence-electron chi connectivity index (χ0n) is 14.9. The van der Waals surface area contributed by atoms with E-state index in [0.29, 0.717) is 27.8 Å². The Bertz CT molecular complexity index is 1050. The molecule has 0 spiro atoms. The van der Waals surface area contributed by atoms with E-state index < -0.39 is 7.60 Å². The number of nitrogens with zero attached hydrogens (tertiary/aromatic N) is 4. The van der Waals surface area contributed by atoms with Crippen LogP contribution in [0, 0.1) is 0 Å². The van der Waals surface area contributed by atoms with Crippen molar-refractivity contribution in [2.24, 2.45) is 0 Å². The first-order valence-electron chi connectivity index (χ1n) is 8.92. The molecule has 3 heterocycles. The van der Waals surface area contributed by atoms with Crippen LogP contribution in [0.15, 0.2) is 36.9 Å². The Morgan fingerprint density at radius 1 is 1.29 bits per heavy atom. The molecule has 0 radical (unpaired) electrons. The van der Waals surface area contributed by atoms with Crippen LogP contribution in [0.1, 0.15) is 19.3 Å². The maximum atomic E-state index is 11.3. The van der Waals surface area contributed by atoms with Crippen molar-refractivity contribution in [1.29, 1.82) is 0 Å². The summed E-state index contributed by atoms with van der Waals surface area (Å²) in [7, 11) is -4.04. The SMILES string of the molecule is O=P(O)(O)CCC1CCCN1c1cc(-n2ccnc2)c2ccc(Cl)c(Cl)c2n1. The van der Waals surface area contributed by atoms with Gasteiger partial charge in [0, 0.05) is 36.4 Å². The van der Waals surface area contributed by atoms with E-state index in [1.54, 1.807) is 18.6 Å². The lowest BCUT2D eigenvalue weighted by Gasteiger charge is -2.27. The van der Waals surface area contributed by atoms with E-state index in [9.17, 15) is 14.4 Å². The van der Waals surface area contributed by atoms with E-state index >= 15 is 0 Å². The van der Waals surface area contributed by atoms with Crippen molar-refractivity contribution in [3.05, 3.63) is 47.0 Å². The standard InChI is InChI=1S/C18H19Cl2N4O3P/c19-14-4-3-13-15(23-8-6-21-11-23)10-16(22-18(13)17(14)20)24-7-1-2-12(24)5-9-28(25,26)27/h3-4,6,8,10-12H,1-2,5,7,9H2,(H2,25,26,27). The van der Waals surface area contributed by atoms with Crippen LogP contribution in [0.3, 0.4) is 0 Å². The quantitative estimate of drug-likeness (QED) is 0.575. The summed E-state index contributed by atoms with van der Waals surface area (Å²) < 4.78 is 13.2. The minimum absolute atomic E-state index is 0.0196. The number of halogens is 2. The Morgan fingerprint density at radius 3 is 2.82 bits per heavy atom. The first-order chi connectivity index (χ1) is 13.3. The monoisotopic (exact) mass is 440 g/mol. The van der Waals surface area contributed by atoms with Crippen molar-refractivity contribution < 1.29 is 14.4 Å². The third-order valence-corrected chi connectivity index (χ3v) is 6.68. The molecule has 1 saturated heterocycles. The summed E-state index contributed by atoms with van der Waals surface area (Å²) in [5.41, 5.74) is 1.47. The summed E-state index contributed by atoms with van der Waals surface area (Å²) in [6, 6.07) is 5.60. The van der Waals surface area contributed by atoms with Gasteiger partial charge in [0.1, 0.15) is 5.82 Å². The van der Waals surface area contributed by atoms with Crippen molar-refractivity contribution in [3.8, 4) is 5.69 Å². The van der Waals surface area contributed by atoms with Gasteiger partial charge in [-0.2, -0.15) is 0 Å². The summed E-state index contributed by atoms with van der Waals surface area (Å²) in [4.78, 5) is 29.5. The van der Waals surface area contributed by atoms with E-state index in [2.05, 4.69) is 9.88 Å². The number of anilines is 1. The van der Waals surface area contributed by atoms with Gasteiger partial charge in [-0.05, 0) is 31.4 Å². The first kappa shape index (κ1) is 19.7. The topological polar surface area (TPSA) is 91.5 Å². The summed E-state index contributed by atoms with van der Waals surface area (Å²) >= 11 is 12.7. The third kappa shape index (κ3) is 3.91. The minimum Gasteiger partial charge on any atom is -0.354 e. The average Bonchev–Trinajstić information content (AvgIpc) is 3.33. The molecule has 1 fully saturated rings. The summed E-state index contributed by atoms with van der Waals surface area (Å²) in [5, 5.41) is 1.66. The highest BCUT2D eigenvalue weighted by Crippen LogP contribution is 2.39. The van der Waals surface area contributed by atoms with Crippen LogP contribution in [-0.4, -0.2) is 43.1 Å². The molecule has 148 valence electrons. The van der Waals surface area contributed by atoms with Crippen LogP contribution in [-0.2, 0) is 4.57 Å². The number of imidazole rings is 1. The zero-order chi connectivity index (χ0) is 19.9. The molecule has 1 aromatic carbocycles. The maximum Gasteiger partial charge on any atom is 0.325 e. The maximum absolute atomic E-state index is 11.3. The average molecular weight is 441 g/mol. The van der Waals surface area contributed by atoms with Crippen LogP contribution >= 0.6 is 30.8 Å². The highest BCUT2D eigenvalue weighted by atomic mass is 35.5. The molecule has 2 aromatic heterocycles. The van der Waals surface area contributed by atoms with Gasteiger partial charge >= 0.3 is 7.60 Å². The number of pyridine rings is 1. The number of aromatic nitrogens is 3. The van der Waals surface area contributed by atoms with E-state index in [1.807, 2.05) is 22.9 Å². The predicted octanol–water partition coefficient (Wildman–Crippen LogP) is 4.26. The lowest BCUT2D eigenvalue weighted by molar-refractivity contribution is 0.369. The van der Waals surface area contributed by atoms with Crippen LogP contribution in [0.5, 0.6) is 0 Å². The molecule has 0 aliphatic carbocycles. The Kier molecular flexibility index (Phi) is 5.38. The summed E-state index contributed by atoms with van der Waals surface area (Å²) in [6.45, 7) is 0.770. The molecule has 1 aliphatic rings. The fourth-order valence-electron chi connectivity index (χ4n) is 3.72. The van der Waals surface area contributed by atoms with Crippen LogP contribution in [0.4, 0.5) is 5.82 Å². The van der Waals surface area contributed by atoms with E-state index in [-0.39, 0.29) is 12.2 Å². The van der Waals surface area contributed by atoms with Gasteiger partial charge in [-0.15, -0.1) is 0 Å². The molecule has 1 aliphatic heterocycles. The molecular formula is C18H19Cl2N4O3P. The van der Waals surface area contributed by atoms with Gasteiger partial charge in [0.05, 0.1) is 33.7 Å². The fourth-order valence-corrected chi connectivity index (χ4v) is 4.71. The highest BCUT2D eigenvalue weighted by Gasteiger charge is 2.29. The second kappa shape index (κ2) is 7.65. The molecule has 3 aromatic rings. The number of rotatable bonds is 5. The van der Waals surface area contributed by atoms with Gasteiger partial charge in [-0.25, -0.2) is 9.97 Å². The molecule has 2 N–H and O–H groups in total. The Morgan fingerprint density at radius 2 is 2.11 bits per heavy atom. The van der Waals surface area contributed by atoms with Gasteiger partial charge in [-0.1, -0.05) is 23.2 Å². The van der Waals surface area contributed by atoms with E-state index in [1.165, 1.54) is 0 Å². The molecule has 1 atom stereocenters.